The summed E-state index contributed by atoms with van der Waals surface area (Å²) in [5.74, 6) is -2.88. The lowest BCUT2D eigenvalue weighted by atomic mass is 9.64. The molecule has 0 aromatic heterocycles. The van der Waals surface area contributed by atoms with Crippen LogP contribution in [-0.4, -0.2) is 35.5 Å². The summed E-state index contributed by atoms with van der Waals surface area (Å²) >= 11 is 0. The van der Waals surface area contributed by atoms with Gasteiger partial charge in [-0.1, -0.05) is 36.4 Å². The molecule has 1 saturated heterocycles. The van der Waals surface area contributed by atoms with E-state index in [1.165, 1.54) is 36.4 Å². The lowest BCUT2D eigenvalue weighted by Gasteiger charge is -2.39. The van der Waals surface area contributed by atoms with Gasteiger partial charge in [-0.15, -0.1) is 0 Å². The molecule has 3 heterocycles. The lowest BCUT2D eigenvalue weighted by Crippen LogP contribution is -2.49. The summed E-state index contributed by atoms with van der Waals surface area (Å²) in [6.07, 6.45) is 0. The van der Waals surface area contributed by atoms with E-state index >= 15 is 0 Å². The van der Waals surface area contributed by atoms with Crippen molar-refractivity contribution in [3.05, 3.63) is 118 Å². The number of amides is 1. The first-order valence-corrected chi connectivity index (χ1v) is 11.5. The Morgan fingerprint density at radius 2 is 1.69 bits per heavy atom. The normalized spacial score (nSPS) is 21.3. The highest BCUT2D eigenvalue weighted by molar-refractivity contribution is 6.33. The summed E-state index contributed by atoms with van der Waals surface area (Å²) in [6, 6.07) is 16.3. The van der Waals surface area contributed by atoms with Crippen LogP contribution in [0, 0.1) is 11.6 Å². The summed E-state index contributed by atoms with van der Waals surface area (Å²) in [5, 5.41) is 5.95. The lowest BCUT2D eigenvalue weighted by molar-refractivity contribution is -0.118. The van der Waals surface area contributed by atoms with Crippen LogP contribution < -0.4 is 10.6 Å². The van der Waals surface area contributed by atoms with Gasteiger partial charge in [-0.25, -0.2) is 8.78 Å². The molecule has 1 amide bonds. The number of carbonyl (C=O) groups excluding carboxylic acids is 3. The number of nitrogens with zero attached hydrogens (tertiary/aromatic N) is 1. The molecule has 2 N–H and O–H groups in total. The zero-order valence-electron chi connectivity index (χ0n) is 18.7. The Balaban J connectivity index is 1.62. The third-order valence-corrected chi connectivity index (χ3v) is 7.37. The Kier molecular flexibility index (Phi) is 4.02. The average Bonchev–Trinajstić information content (AvgIpc) is 3.54. The topological polar surface area (TPSA) is 78.5 Å². The van der Waals surface area contributed by atoms with Crippen molar-refractivity contribution in [1.82, 2.24) is 10.2 Å². The van der Waals surface area contributed by atoms with Gasteiger partial charge in [0, 0.05) is 41.0 Å². The number of anilines is 1. The first-order valence-electron chi connectivity index (χ1n) is 11.5. The third-order valence-electron chi connectivity index (χ3n) is 7.37. The summed E-state index contributed by atoms with van der Waals surface area (Å²) in [6.45, 7) is 0.863. The molecule has 0 radical (unpaired) electrons. The van der Waals surface area contributed by atoms with Gasteiger partial charge in [-0.2, -0.15) is 0 Å². The van der Waals surface area contributed by atoms with Crippen LogP contribution in [0.1, 0.15) is 31.8 Å². The Labute approximate surface area is 203 Å². The molecule has 36 heavy (non-hydrogen) atoms. The molecular formula is C28H17F2N3O3. The first-order chi connectivity index (χ1) is 17.4. The number of nitrogens with one attached hydrogen (secondary N) is 2. The molecule has 0 bridgehead atoms. The molecule has 6 nitrogen and oxygen atoms in total. The van der Waals surface area contributed by atoms with E-state index in [4.69, 9.17) is 0 Å². The van der Waals surface area contributed by atoms with Crippen LogP contribution in [-0.2, 0) is 10.2 Å². The second kappa shape index (κ2) is 6.97. The molecule has 3 aromatic carbocycles. The van der Waals surface area contributed by atoms with Crippen molar-refractivity contribution in [1.29, 1.82) is 0 Å². The highest BCUT2D eigenvalue weighted by Crippen LogP contribution is 2.58. The molecule has 8 heteroatoms. The SMILES string of the molecule is O=C(C1=C2NCCN2C2=C(C(=O)c3ccccc32)C12C(=O)Nc1ccc(F)cc12)c1ccccc1F. The van der Waals surface area contributed by atoms with E-state index in [9.17, 15) is 23.2 Å². The van der Waals surface area contributed by atoms with E-state index in [0.29, 0.717) is 41.4 Å². The largest absolute Gasteiger partial charge is 0.369 e. The molecule has 3 aliphatic heterocycles. The van der Waals surface area contributed by atoms with Crippen LogP contribution in [0.25, 0.3) is 5.70 Å². The Morgan fingerprint density at radius 1 is 0.944 bits per heavy atom. The number of Topliss-reactive ketones (excluding diaryl/α,β-unsaturated/α-hetero) is 2. The number of fused-ring (bicyclic) bond motifs is 7. The molecule has 1 atom stereocenters. The number of halogens is 2. The van der Waals surface area contributed by atoms with Gasteiger partial charge >= 0.3 is 0 Å². The number of hydrogen-bond acceptors (Lipinski definition) is 5. The maximum absolute atomic E-state index is 14.9. The van der Waals surface area contributed by atoms with Crippen molar-refractivity contribution >= 4 is 28.9 Å². The molecular weight excluding hydrogens is 464 g/mol. The van der Waals surface area contributed by atoms with Crippen LogP contribution in [0.15, 0.2) is 83.7 Å². The minimum Gasteiger partial charge on any atom is -0.369 e. The van der Waals surface area contributed by atoms with Crippen molar-refractivity contribution < 1.29 is 23.2 Å². The van der Waals surface area contributed by atoms with Gasteiger partial charge in [0.2, 0.25) is 5.91 Å². The number of hydrogen-bond donors (Lipinski definition) is 2. The zero-order chi connectivity index (χ0) is 24.8. The van der Waals surface area contributed by atoms with Gasteiger partial charge in [0.25, 0.3) is 0 Å². The number of rotatable bonds is 2. The molecule has 1 aliphatic carbocycles. The molecule has 1 fully saturated rings. The van der Waals surface area contributed by atoms with Crippen molar-refractivity contribution in [3.8, 4) is 0 Å². The van der Waals surface area contributed by atoms with E-state index in [2.05, 4.69) is 10.6 Å². The monoisotopic (exact) mass is 481 g/mol. The maximum Gasteiger partial charge on any atom is 0.244 e. The molecule has 4 aliphatic rings. The third kappa shape index (κ3) is 2.35. The van der Waals surface area contributed by atoms with E-state index < -0.39 is 34.5 Å². The Hall–Kier alpha value is -4.59. The van der Waals surface area contributed by atoms with Gasteiger partial charge in [-0.3, -0.25) is 14.4 Å². The van der Waals surface area contributed by atoms with Crippen LogP contribution in [0.5, 0.6) is 0 Å². The standard InChI is InChI=1S/C28H17F2N3O3/c29-14-9-10-20-18(13-14)28(27(36)32-20)21-23(15-5-1-2-6-16(15)24(21)34)33-12-11-31-26(33)22(28)25(35)17-7-3-4-8-19(17)30/h1-10,13,31H,11-12H2,(H,32,36). The summed E-state index contributed by atoms with van der Waals surface area (Å²) in [5.41, 5.74) is -0.232. The quantitative estimate of drug-likeness (QED) is 0.545. The fourth-order valence-electron chi connectivity index (χ4n) is 5.96. The molecule has 1 spiro atoms. The fraction of sp³-hybridized carbons (Fsp3) is 0.107. The zero-order valence-corrected chi connectivity index (χ0v) is 18.7. The molecule has 1 unspecified atom stereocenters. The van der Waals surface area contributed by atoms with E-state index in [1.54, 1.807) is 24.3 Å². The highest BCUT2D eigenvalue weighted by atomic mass is 19.1. The Bertz CT molecular complexity index is 1640. The molecule has 0 saturated carbocycles. The summed E-state index contributed by atoms with van der Waals surface area (Å²) < 4.78 is 29.6. The average molecular weight is 481 g/mol. The smallest absolute Gasteiger partial charge is 0.244 e. The molecule has 3 aromatic rings. The van der Waals surface area contributed by atoms with Crippen LogP contribution in [0.4, 0.5) is 14.5 Å². The van der Waals surface area contributed by atoms with Crippen LogP contribution >= 0.6 is 0 Å². The first kappa shape index (κ1) is 20.8. The minimum absolute atomic E-state index is 0.0812. The maximum atomic E-state index is 14.9. The predicted octanol–water partition coefficient (Wildman–Crippen LogP) is 3.78. The van der Waals surface area contributed by atoms with Crippen molar-refractivity contribution in [2.24, 2.45) is 0 Å². The number of ketones is 2. The van der Waals surface area contributed by atoms with E-state index in [-0.39, 0.29) is 22.3 Å². The second-order valence-corrected chi connectivity index (χ2v) is 9.10. The second-order valence-electron chi connectivity index (χ2n) is 9.10. The molecule has 176 valence electrons. The number of carbonyl (C=O) groups is 3. The van der Waals surface area contributed by atoms with Gasteiger partial charge in [0.05, 0.1) is 16.8 Å². The summed E-state index contributed by atoms with van der Waals surface area (Å²) in [4.78, 5) is 44.0. The van der Waals surface area contributed by atoms with E-state index in [1.807, 2.05) is 4.90 Å². The Morgan fingerprint density at radius 3 is 2.50 bits per heavy atom. The van der Waals surface area contributed by atoms with Gasteiger partial charge in [0.15, 0.2) is 11.6 Å². The van der Waals surface area contributed by atoms with Gasteiger partial charge in [0.1, 0.15) is 22.9 Å². The van der Waals surface area contributed by atoms with Crippen molar-refractivity contribution in [2.75, 3.05) is 18.4 Å². The van der Waals surface area contributed by atoms with Gasteiger partial charge in [-0.05, 0) is 30.3 Å². The van der Waals surface area contributed by atoms with Crippen molar-refractivity contribution in [2.45, 2.75) is 5.41 Å². The number of benzene rings is 3. The molecule has 7 rings (SSSR count). The minimum atomic E-state index is -1.97. The predicted molar refractivity (Wildman–Crippen MR) is 127 cm³/mol. The van der Waals surface area contributed by atoms with Gasteiger partial charge < -0.3 is 15.5 Å². The van der Waals surface area contributed by atoms with E-state index in [0.717, 1.165) is 6.07 Å². The fourth-order valence-corrected chi connectivity index (χ4v) is 5.96. The van der Waals surface area contributed by atoms with Crippen LogP contribution in [0.2, 0.25) is 0 Å². The summed E-state index contributed by atoms with van der Waals surface area (Å²) in [7, 11) is 0. The van der Waals surface area contributed by atoms with Crippen LogP contribution in [0.3, 0.4) is 0 Å². The highest BCUT2D eigenvalue weighted by Gasteiger charge is 2.63. The van der Waals surface area contributed by atoms with Crippen molar-refractivity contribution in [3.63, 3.8) is 0 Å².